The fraction of sp³-hybridized carbons (Fsp3) is 0.357. The van der Waals surface area contributed by atoms with Crippen molar-refractivity contribution >= 4 is 57.8 Å². The Labute approximate surface area is 228 Å². The number of carbonyl (C=O) groups is 3. The van der Waals surface area contributed by atoms with Gasteiger partial charge in [-0.25, -0.2) is 4.79 Å². The van der Waals surface area contributed by atoms with Gasteiger partial charge in [0.1, 0.15) is 10.9 Å². The van der Waals surface area contributed by atoms with Gasteiger partial charge in [-0.05, 0) is 69.8 Å². The van der Waals surface area contributed by atoms with E-state index in [9.17, 15) is 14.4 Å². The molecule has 9 heteroatoms. The largest absolute Gasteiger partial charge is 0.461 e. The lowest BCUT2D eigenvalue weighted by atomic mass is 10.1. The van der Waals surface area contributed by atoms with Crippen LogP contribution in [0.5, 0.6) is 0 Å². The maximum Gasteiger partial charge on any atom is 0.338 e. The number of amides is 2. The van der Waals surface area contributed by atoms with Crippen LogP contribution in [0.1, 0.15) is 47.2 Å². The summed E-state index contributed by atoms with van der Waals surface area (Å²) in [7, 11) is 3.82. The first-order chi connectivity index (χ1) is 17.7. The van der Waals surface area contributed by atoms with Crippen molar-refractivity contribution in [2.75, 3.05) is 39.1 Å². The number of ether oxygens (including phenoxy) is 1. The zero-order valence-electron chi connectivity index (χ0n) is 21.5. The molecule has 0 saturated carbocycles. The molecule has 0 aliphatic carbocycles. The number of thiocarbonyl (C=S) groups is 1. The van der Waals surface area contributed by atoms with Crippen LogP contribution in [0, 0.1) is 6.92 Å². The second kappa shape index (κ2) is 14.1. The molecular weight excluding hydrogens is 506 g/mol. The summed E-state index contributed by atoms with van der Waals surface area (Å²) in [4.78, 5) is 41.3. The van der Waals surface area contributed by atoms with Crippen molar-refractivity contribution in [1.82, 2.24) is 9.80 Å². The number of hydrogen-bond acceptors (Lipinski definition) is 7. The topological polar surface area (TPSA) is 79.0 Å². The minimum Gasteiger partial charge on any atom is -0.461 e. The average Bonchev–Trinajstić information content (AvgIpc) is 3.12. The second-order valence-corrected chi connectivity index (χ2v) is 10.8. The first-order valence-corrected chi connectivity index (χ1v) is 13.5. The average molecular weight is 540 g/mol. The summed E-state index contributed by atoms with van der Waals surface area (Å²) in [6.45, 7) is 3.56. The normalized spacial score (nSPS) is 14.5. The third-order valence-corrected chi connectivity index (χ3v) is 7.09. The van der Waals surface area contributed by atoms with Crippen LogP contribution in [0.3, 0.4) is 0 Å². The number of anilines is 1. The molecule has 0 atom stereocenters. The fourth-order valence-corrected chi connectivity index (χ4v) is 4.87. The van der Waals surface area contributed by atoms with Gasteiger partial charge in [-0.2, -0.15) is 0 Å². The van der Waals surface area contributed by atoms with Crippen LogP contribution in [0.25, 0.3) is 6.08 Å². The quantitative estimate of drug-likeness (QED) is 0.174. The summed E-state index contributed by atoms with van der Waals surface area (Å²) >= 11 is 6.74. The van der Waals surface area contributed by atoms with Gasteiger partial charge in [-0.15, -0.1) is 0 Å². The van der Waals surface area contributed by atoms with E-state index in [1.807, 2.05) is 56.3 Å². The van der Waals surface area contributed by atoms with E-state index >= 15 is 0 Å². The molecule has 1 fully saturated rings. The zero-order chi connectivity index (χ0) is 26.8. The molecule has 3 rings (SSSR count). The van der Waals surface area contributed by atoms with E-state index in [0.29, 0.717) is 53.0 Å². The van der Waals surface area contributed by atoms with Crippen LogP contribution in [0.4, 0.5) is 5.69 Å². The molecule has 1 saturated heterocycles. The minimum atomic E-state index is -0.383. The summed E-state index contributed by atoms with van der Waals surface area (Å²) in [6.07, 6.45) is 4.53. The number of likely N-dealkylation sites (N-methyl/N-ethyl adjacent to an activating group) is 1. The van der Waals surface area contributed by atoms with Gasteiger partial charge in [0.25, 0.3) is 5.91 Å². The van der Waals surface area contributed by atoms with Gasteiger partial charge in [0.15, 0.2) is 0 Å². The van der Waals surface area contributed by atoms with Crippen molar-refractivity contribution in [3.63, 3.8) is 0 Å². The number of thioether (sulfide) groups is 1. The molecule has 1 aliphatic rings. The Balaban J connectivity index is 1.35. The molecule has 0 bridgehead atoms. The smallest absolute Gasteiger partial charge is 0.338 e. The molecule has 1 heterocycles. The van der Waals surface area contributed by atoms with Crippen LogP contribution in [0.15, 0.2) is 53.4 Å². The van der Waals surface area contributed by atoms with Crippen molar-refractivity contribution in [3.8, 4) is 0 Å². The number of carbonyl (C=O) groups excluding carboxylic acids is 3. The Bertz CT molecular complexity index is 1150. The van der Waals surface area contributed by atoms with Crippen LogP contribution in [-0.4, -0.2) is 65.7 Å². The maximum atomic E-state index is 12.8. The van der Waals surface area contributed by atoms with Gasteiger partial charge in [0.2, 0.25) is 5.91 Å². The van der Waals surface area contributed by atoms with Gasteiger partial charge in [0.05, 0.1) is 10.5 Å². The zero-order valence-corrected chi connectivity index (χ0v) is 23.1. The van der Waals surface area contributed by atoms with E-state index in [2.05, 4.69) is 5.32 Å². The van der Waals surface area contributed by atoms with Gasteiger partial charge >= 0.3 is 5.97 Å². The van der Waals surface area contributed by atoms with E-state index in [1.165, 1.54) is 17.3 Å². The SMILES string of the molecule is Cc1ccc(/C=C2\SC(=S)N(CCCCCC(=O)Nc3ccc(C(=O)OCCN(C)C)cc3)C2=O)cc1. The Morgan fingerprint density at radius 2 is 1.76 bits per heavy atom. The highest BCUT2D eigenvalue weighted by Crippen LogP contribution is 2.32. The number of esters is 1. The van der Waals surface area contributed by atoms with Crippen molar-refractivity contribution < 1.29 is 19.1 Å². The number of hydrogen-bond donors (Lipinski definition) is 1. The van der Waals surface area contributed by atoms with Gasteiger partial charge in [-0.1, -0.05) is 60.2 Å². The van der Waals surface area contributed by atoms with E-state index in [1.54, 1.807) is 29.2 Å². The summed E-state index contributed by atoms with van der Waals surface area (Å²) in [5.74, 6) is -0.529. The number of aryl methyl sites for hydroxylation is 1. The van der Waals surface area contributed by atoms with Gasteiger partial charge in [-0.3, -0.25) is 14.5 Å². The number of unbranched alkanes of at least 4 members (excludes halogenated alkanes) is 2. The predicted molar refractivity (Wildman–Crippen MR) is 153 cm³/mol. The number of rotatable bonds is 12. The maximum absolute atomic E-state index is 12.8. The van der Waals surface area contributed by atoms with Crippen LogP contribution >= 0.6 is 24.0 Å². The van der Waals surface area contributed by atoms with Gasteiger partial charge < -0.3 is 15.0 Å². The predicted octanol–water partition coefficient (Wildman–Crippen LogP) is 5.11. The molecule has 2 amide bonds. The molecular formula is C28H33N3O4S2. The van der Waals surface area contributed by atoms with Gasteiger partial charge in [0, 0.05) is 25.2 Å². The lowest BCUT2D eigenvalue weighted by Gasteiger charge is -2.14. The molecule has 0 unspecified atom stereocenters. The Morgan fingerprint density at radius 1 is 1.05 bits per heavy atom. The molecule has 1 N–H and O–H groups in total. The number of benzene rings is 2. The fourth-order valence-electron chi connectivity index (χ4n) is 3.56. The first kappa shape index (κ1) is 28.6. The molecule has 0 spiro atoms. The monoisotopic (exact) mass is 539 g/mol. The molecule has 196 valence electrons. The third-order valence-electron chi connectivity index (χ3n) is 5.71. The van der Waals surface area contributed by atoms with E-state index in [-0.39, 0.29) is 17.8 Å². The van der Waals surface area contributed by atoms with Crippen molar-refractivity contribution in [3.05, 3.63) is 70.1 Å². The summed E-state index contributed by atoms with van der Waals surface area (Å²) in [5.41, 5.74) is 3.23. The minimum absolute atomic E-state index is 0.0571. The highest BCUT2D eigenvalue weighted by Gasteiger charge is 2.31. The standard InChI is InChI=1S/C28H33N3O4S2/c1-20-8-10-21(11-9-20)19-24-26(33)31(28(36)37-24)16-6-4-5-7-25(32)29-23-14-12-22(13-15-23)27(34)35-18-17-30(2)3/h8-15,19H,4-7,16-18H2,1-3H3,(H,29,32)/b24-19-. The van der Waals surface area contributed by atoms with Crippen LogP contribution in [0.2, 0.25) is 0 Å². The highest BCUT2D eigenvalue weighted by molar-refractivity contribution is 8.26. The third kappa shape index (κ3) is 9.10. The first-order valence-electron chi connectivity index (χ1n) is 12.3. The van der Waals surface area contributed by atoms with Crippen molar-refractivity contribution in [2.24, 2.45) is 0 Å². The van der Waals surface area contributed by atoms with E-state index in [0.717, 1.165) is 18.4 Å². The Morgan fingerprint density at radius 3 is 2.43 bits per heavy atom. The van der Waals surface area contributed by atoms with E-state index < -0.39 is 0 Å². The Hall–Kier alpha value is -3.01. The molecule has 7 nitrogen and oxygen atoms in total. The molecule has 1 aliphatic heterocycles. The summed E-state index contributed by atoms with van der Waals surface area (Å²) in [6, 6.07) is 14.7. The highest BCUT2D eigenvalue weighted by atomic mass is 32.2. The molecule has 2 aromatic carbocycles. The molecule has 2 aromatic rings. The molecule has 0 aromatic heterocycles. The van der Waals surface area contributed by atoms with Crippen molar-refractivity contribution in [2.45, 2.75) is 32.6 Å². The second-order valence-electron chi connectivity index (χ2n) is 9.12. The lowest BCUT2D eigenvalue weighted by Crippen LogP contribution is -2.29. The number of nitrogens with one attached hydrogen (secondary N) is 1. The summed E-state index contributed by atoms with van der Waals surface area (Å²) < 4.78 is 5.79. The molecule has 37 heavy (non-hydrogen) atoms. The lowest BCUT2D eigenvalue weighted by molar-refractivity contribution is -0.122. The molecule has 0 radical (unpaired) electrons. The van der Waals surface area contributed by atoms with E-state index in [4.69, 9.17) is 17.0 Å². The van der Waals surface area contributed by atoms with Crippen molar-refractivity contribution in [1.29, 1.82) is 0 Å². The Kier molecular flexibility index (Phi) is 10.9. The number of nitrogens with zero attached hydrogens (tertiary/aromatic N) is 2. The van der Waals surface area contributed by atoms with Crippen LogP contribution < -0.4 is 5.32 Å². The summed E-state index contributed by atoms with van der Waals surface area (Å²) in [5, 5.41) is 2.85. The van der Waals surface area contributed by atoms with Crippen LogP contribution in [-0.2, 0) is 14.3 Å².